The van der Waals surface area contributed by atoms with Crippen LogP contribution in [0.4, 0.5) is 0 Å². The monoisotopic (exact) mass is 303 g/mol. The summed E-state index contributed by atoms with van der Waals surface area (Å²) in [5, 5.41) is 2.86. The van der Waals surface area contributed by atoms with Crippen LogP contribution in [0.5, 0.6) is 0 Å². The highest BCUT2D eigenvalue weighted by Gasteiger charge is 2.10. The zero-order valence-electron chi connectivity index (χ0n) is 10.8. The third-order valence-electron chi connectivity index (χ3n) is 2.59. The molecule has 1 amide bonds. The first-order valence-electron chi connectivity index (χ1n) is 6.15. The quantitative estimate of drug-likeness (QED) is 0.663. The van der Waals surface area contributed by atoms with Gasteiger partial charge in [0.25, 0.3) is 5.91 Å². The molecule has 0 saturated carbocycles. The Morgan fingerprint density at radius 1 is 1.05 bits per heavy atom. The minimum Gasteiger partial charge on any atom is -0.347 e. The smallest absolute Gasteiger partial charge is 0.259 e. The number of thioether (sulfide) groups is 1. The van der Waals surface area contributed by atoms with Crippen molar-refractivity contribution in [2.45, 2.75) is 11.4 Å². The molecule has 2 nitrogen and oxygen atoms in total. The third-order valence-corrected chi connectivity index (χ3v) is 3.97. The standard InChI is InChI=1S/C16H14ClNOS/c17-11-15(20-14-9-5-2-6-10-14)16(19)18-12-13-7-3-1-4-8-13/h1-11H,12H2,(H,18,19)/b15-11+. The molecule has 102 valence electrons. The van der Waals surface area contributed by atoms with Crippen LogP contribution in [-0.2, 0) is 11.3 Å². The van der Waals surface area contributed by atoms with Gasteiger partial charge < -0.3 is 5.32 Å². The van der Waals surface area contributed by atoms with Crippen LogP contribution in [0.25, 0.3) is 0 Å². The van der Waals surface area contributed by atoms with E-state index >= 15 is 0 Å². The molecule has 0 aromatic heterocycles. The summed E-state index contributed by atoms with van der Waals surface area (Å²) >= 11 is 7.10. The number of carbonyl (C=O) groups excluding carboxylic acids is 1. The number of hydrogen-bond donors (Lipinski definition) is 1. The van der Waals surface area contributed by atoms with Gasteiger partial charge in [-0.1, -0.05) is 71.9 Å². The summed E-state index contributed by atoms with van der Waals surface area (Å²) in [5.41, 5.74) is 2.37. The van der Waals surface area contributed by atoms with Crippen molar-refractivity contribution in [3.05, 3.63) is 76.7 Å². The van der Waals surface area contributed by atoms with Crippen molar-refractivity contribution in [2.24, 2.45) is 0 Å². The molecule has 0 radical (unpaired) electrons. The van der Waals surface area contributed by atoms with Gasteiger partial charge in [-0.05, 0) is 17.7 Å². The van der Waals surface area contributed by atoms with Gasteiger partial charge in [0.2, 0.25) is 0 Å². The molecule has 0 fully saturated rings. The number of rotatable bonds is 5. The van der Waals surface area contributed by atoms with Gasteiger partial charge in [-0.25, -0.2) is 0 Å². The Kier molecular flexibility index (Phi) is 5.71. The van der Waals surface area contributed by atoms with E-state index in [1.54, 1.807) is 0 Å². The molecule has 4 heteroatoms. The maximum Gasteiger partial charge on any atom is 0.259 e. The van der Waals surface area contributed by atoms with Crippen LogP contribution in [0.2, 0.25) is 0 Å². The molecule has 2 aromatic rings. The highest BCUT2D eigenvalue weighted by molar-refractivity contribution is 8.04. The van der Waals surface area contributed by atoms with Crippen LogP contribution >= 0.6 is 23.4 Å². The van der Waals surface area contributed by atoms with Gasteiger partial charge in [-0.2, -0.15) is 0 Å². The second kappa shape index (κ2) is 7.78. The summed E-state index contributed by atoms with van der Waals surface area (Å²) in [5.74, 6) is -0.169. The largest absolute Gasteiger partial charge is 0.347 e. The molecule has 0 atom stereocenters. The molecular weight excluding hydrogens is 290 g/mol. The van der Waals surface area contributed by atoms with E-state index in [0.29, 0.717) is 11.4 Å². The molecule has 0 aliphatic carbocycles. The lowest BCUT2D eigenvalue weighted by Crippen LogP contribution is -2.23. The topological polar surface area (TPSA) is 29.1 Å². The van der Waals surface area contributed by atoms with Crippen LogP contribution in [-0.4, -0.2) is 5.91 Å². The fraction of sp³-hybridized carbons (Fsp3) is 0.0625. The third kappa shape index (κ3) is 4.44. The normalized spacial score (nSPS) is 11.2. The van der Waals surface area contributed by atoms with Crippen LogP contribution in [0.3, 0.4) is 0 Å². The molecule has 0 saturated heterocycles. The van der Waals surface area contributed by atoms with Crippen molar-refractivity contribution in [1.29, 1.82) is 0 Å². The maximum atomic E-state index is 12.1. The number of carbonyl (C=O) groups is 1. The molecule has 2 aromatic carbocycles. The van der Waals surface area contributed by atoms with Gasteiger partial charge in [-0.3, -0.25) is 4.79 Å². The molecule has 2 rings (SSSR count). The maximum absolute atomic E-state index is 12.1. The average molecular weight is 304 g/mol. The van der Waals surface area contributed by atoms with Crippen molar-refractivity contribution >= 4 is 29.3 Å². The van der Waals surface area contributed by atoms with E-state index in [1.165, 1.54) is 17.3 Å². The fourth-order valence-corrected chi connectivity index (χ4v) is 2.59. The Bertz CT molecular complexity index is 584. The number of benzene rings is 2. The van der Waals surface area contributed by atoms with Gasteiger partial charge in [0.15, 0.2) is 0 Å². The van der Waals surface area contributed by atoms with Crippen LogP contribution in [0.15, 0.2) is 76.0 Å². The van der Waals surface area contributed by atoms with E-state index in [4.69, 9.17) is 11.6 Å². The van der Waals surface area contributed by atoms with Crippen LogP contribution in [0, 0.1) is 0 Å². The molecule has 0 unspecified atom stereocenters. The first-order valence-corrected chi connectivity index (χ1v) is 7.40. The first-order chi connectivity index (χ1) is 9.79. The van der Waals surface area contributed by atoms with E-state index in [0.717, 1.165) is 10.5 Å². The van der Waals surface area contributed by atoms with E-state index in [1.807, 2.05) is 60.7 Å². The van der Waals surface area contributed by atoms with Crippen molar-refractivity contribution in [1.82, 2.24) is 5.32 Å². The second-order valence-electron chi connectivity index (χ2n) is 4.06. The minimum atomic E-state index is -0.169. The Morgan fingerprint density at radius 2 is 1.65 bits per heavy atom. The molecule has 0 aliphatic rings. The molecule has 0 bridgehead atoms. The van der Waals surface area contributed by atoms with Gasteiger partial charge in [0.05, 0.1) is 4.91 Å². The van der Waals surface area contributed by atoms with Crippen molar-refractivity contribution in [3.8, 4) is 0 Å². The lowest BCUT2D eigenvalue weighted by atomic mass is 10.2. The lowest BCUT2D eigenvalue weighted by molar-refractivity contribution is -0.116. The Balaban J connectivity index is 1.93. The van der Waals surface area contributed by atoms with E-state index in [-0.39, 0.29) is 5.91 Å². The zero-order valence-corrected chi connectivity index (χ0v) is 12.3. The summed E-state index contributed by atoms with van der Waals surface area (Å²) in [6.45, 7) is 0.489. The van der Waals surface area contributed by atoms with Crippen LogP contribution < -0.4 is 5.32 Å². The number of halogens is 1. The number of amides is 1. The summed E-state index contributed by atoms with van der Waals surface area (Å²) in [7, 11) is 0. The van der Waals surface area contributed by atoms with Crippen molar-refractivity contribution in [2.75, 3.05) is 0 Å². The van der Waals surface area contributed by atoms with E-state index < -0.39 is 0 Å². The average Bonchev–Trinajstić information content (AvgIpc) is 2.52. The van der Waals surface area contributed by atoms with Crippen LogP contribution in [0.1, 0.15) is 5.56 Å². The lowest BCUT2D eigenvalue weighted by Gasteiger charge is -2.08. The molecule has 0 heterocycles. The zero-order chi connectivity index (χ0) is 14.2. The Labute approximate surface area is 127 Å². The molecule has 20 heavy (non-hydrogen) atoms. The fourth-order valence-electron chi connectivity index (χ4n) is 1.60. The second-order valence-corrected chi connectivity index (χ2v) is 5.39. The van der Waals surface area contributed by atoms with Gasteiger partial charge in [0, 0.05) is 17.0 Å². The van der Waals surface area contributed by atoms with E-state index in [2.05, 4.69) is 5.32 Å². The van der Waals surface area contributed by atoms with Gasteiger partial charge in [0.1, 0.15) is 0 Å². The molecule has 0 aliphatic heterocycles. The summed E-state index contributed by atoms with van der Waals surface area (Å²) < 4.78 is 0. The SMILES string of the molecule is O=C(NCc1ccccc1)/C(=C\Cl)Sc1ccccc1. The Hall–Kier alpha value is -1.71. The molecular formula is C16H14ClNOS. The highest BCUT2D eigenvalue weighted by Crippen LogP contribution is 2.26. The van der Waals surface area contributed by atoms with Gasteiger partial charge in [-0.15, -0.1) is 0 Å². The van der Waals surface area contributed by atoms with Crippen molar-refractivity contribution < 1.29 is 4.79 Å². The van der Waals surface area contributed by atoms with E-state index in [9.17, 15) is 4.79 Å². The Morgan fingerprint density at radius 3 is 2.25 bits per heavy atom. The van der Waals surface area contributed by atoms with Crippen molar-refractivity contribution in [3.63, 3.8) is 0 Å². The summed E-state index contributed by atoms with van der Waals surface area (Å²) in [6, 6.07) is 19.4. The summed E-state index contributed by atoms with van der Waals surface area (Å²) in [6.07, 6.45) is 0. The predicted octanol–water partition coefficient (Wildman–Crippen LogP) is 4.18. The summed E-state index contributed by atoms with van der Waals surface area (Å²) in [4.78, 5) is 13.5. The first kappa shape index (κ1) is 14.7. The minimum absolute atomic E-state index is 0.169. The highest BCUT2D eigenvalue weighted by atomic mass is 35.5. The number of nitrogens with one attached hydrogen (secondary N) is 1. The van der Waals surface area contributed by atoms with Gasteiger partial charge >= 0.3 is 0 Å². The number of hydrogen-bond acceptors (Lipinski definition) is 2. The molecule has 1 N–H and O–H groups in total. The molecule has 0 spiro atoms. The predicted molar refractivity (Wildman–Crippen MR) is 84.5 cm³/mol.